The first-order chi connectivity index (χ1) is 3.70. The molecule has 0 aromatic rings. The molecule has 0 aromatic heterocycles. The zero-order valence-electron chi connectivity index (χ0n) is 5.27. The summed E-state index contributed by atoms with van der Waals surface area (Å²) in [5.74, 6) is 0.0903. The van der Waals surface area contributed by atoms with Crippen molar-refractivity contribution in [3.05, 3.63) is 0 Å². The van der Waals surface area contributed by atoms with E-state index in [1.165, 1.54) is 0 Å². The topological polar surface area (TPSA) is 56.2 Å². The summed E-state index contributed by atoms with van der Waals surface area (Å²) in [6, 6.07) is 0. The van der Waals surface area contributed by atoms with Gasteiger partial charge in [-0.25, -0.2) is 0 Å². The molecule has 1 fully saturated rings. The van der Waals surface area contributed by atoms with Crippen LogP contribution in [0.4, 0.5) is 0 Å². The molecule has 1 amide bonds. The molecular formula is C4H7CdN3O. The Morgan fingerprint density at radius 2 is 2.33 bits per heavy atom. The van der Waals surface area contributed by atoms with Crippen molar-refractivity contribution in [2.45, 2.75) is 0 Å². The SMILES string of the molecule is CN1CC(=O)NC1=N.[Cd]. The van der Waals surface area contributed by atoms with E-state index < -0.39 is 0 Å². The zero-order valence-corrected chi connectivity index (χ0v) is 9.31. The average molecular weight is 226 g/mol. The summed E-state index contributed by atoms with van der Waals surface area (Å²) in [5.41, 5.74) is 0. The number of amides is 1. The van der Waals surface area contributed by atoms with Crippen LogP contribution in [0, 0.1) is 5.41 Å². The molecule has 5 heteroatoms. The quantitative estimate of drug-likeness (QED) is 0.519. The second kappa shape index (κ2) is 3.14. The molecule has 4 nitrogen and oxygen atoms in total. The van der Waals surface area contributed by atoms with Crippen LogP contribution in [-0.2, 0) is 32.1 Å². The second-order valence-electron chi connectivity index (χ2n) is 1.75. The third-order valence-electron chi connectivity index (χ3n) is 1.02. The number of carbonyl (C=O) groups excluding carboxylic acids is 1. The summed E-state index contributed by atoms with van der Waals surface area (Å²) < 4.78 is 0. The maximum Gasteiger partial charge on any atom is 0.246 e. The van der Waals surface area contributed by atoms with Gasteiger partial charge in [-0.15, -0.1) is 0 Å². The van der Waals surface area contributed by atoms with Gasteiger partial charge in [0.05, 0.1) is 6.54 Å². The first kappa shape index (κ1) is 8.86. The third kappa shape index (κ3) is 1.92. The van der Waals surface area contributed by atoms with Crippen LogP contribution < -0.4 is 5.32 Å². The predicted octanol–water partition coefficient (Wildman–Crippen LogP) is -1.02. The number of likely N-dealkylation sites (N-methyl/N-ethyl adjacent to an activating group) is 1. The van der Waals surface area contributed by atoms with Gasteiger partial charge in [-0.2, -0.15) is 0 Å². The van der Waals surface area contributed by atoms with Crippen molar-refractivity contribution in [3.63, 3.8) is 0 Å². The first-order valence-corrected chi connectivity index (χ1v) is 2.29. The monoisotopic (exact) mass is 227 g/mol. The molecule has 9 heavy (non-hydrogen) atoms. The number of nitrogens with zero attached hydrogens (tertiary/aromatic N) is 1. The summed E-state index contributed by atoms with van der Waals surface area (Å²) in [4.78, 5) is 11.9. The molecular weight excluding hydrogens is 218 g/mol. The van der Waals surface area contributed by atoms with Crippen LogP contribution in [0.3, 0.4) is 0 Å². The maximum absolute atomic E-state index is 10.4. The number of carbonyl (C=O) groups is 1. The van der Waals surface area contributed by atoms with Crippen molar-refractivity contribution < 1.29 is 32.1 Å². The number of guanidine groups is 1. The average Bonchev–Trinajstić information content (AvgIpc) is 1.85. The molecule has 0 radical (unpaired) electrons. The van der Waals surface area contributed by atoms with Gasteiger partial charge in [-0.1, -0.05) is 0 Å². The molecule has 2 N–H and O–H groups in total. The minimum Gasteiger partial charge on any atom is -0.337 e. The van der Waals surface area contributed by atoms with Crippen molar-refractivity contribution in [2.24, 2.45) is 0 Å². The second-order valence-corrected chi connectivity index (χ2v) is 1.75. The Morgan fingerprint density at radius 3 is 2.44 bits per heavy atom. The summed E-state index contributed by atoms with van der Waals surface area (Å²) in [6.07, 6.45) is 0. The molecule has 0 aliphatic carbocycles. The van der Waals surface area contributed by atoms with Crippen LogP contribution in [-0.4, -0.2) is 30.4 Å². The van der Waals surface area contributed by atoms with E-state index in [0.29, 0.717) is 6.54 Å². The van der Waals surface area contributed by atoms with Gasteiger partial charge in [0, 0.05) is 34.3 Å². The van der Waals surface area contributed by atoms with Crippen LogP contribution in [0.5, 0.6) is 0 Å². The van der Waals surface area contributed by atoms with E-state index in [9.17, 15) is 4.79 Å². The van der Waals surface area contributed by atoms with Crippen LogP contribution in [0.2, 0.25) is 0 Å². The van der Waals surface area contributed by atoms with Crippen molar-refractivity contribution in [1.29, 1.82) is 5.41 Å². The fourth-order valence-corrected chi connectivity index (χ4v) is 0.561. The fourth-order valence-electron chi connectivity index (χ4n) is 0.561. The molecule has 46 valence electrons. The van der Waals surface area contributed by atoms with E-state index in [0.717, 1.165) is 0 Å². The normalized spacial score (nSPS) is 17.2. The Labute approximate surface area is 73.3 Å². The van der Waals surface area contributed by atoms with E-state index in [1.807, 2.05) is 0 Å². The smallest absolute Gasteiger partial charge is 0.246 e. The molecule has 1 rings (SSSR count). The van der Waals surface area contributed by atoms with Crippen molar-refractivity contribution >= 4 is 11.9 Å². The van der Waals surface area contributed by atoms with Crippen LogP contribution in [0.1, 0.15) is 0 Å². The molecule has 0 aromatic carbocycles. The van der Waals surface area contributed by atoms with Crippen LogP contribution in [0.25, 0.3) is 0 Å². The molecule has 0 atom stereocenters. The maximum atomic E-state index is 10.4. The van der Waals surface area contributed by atoms with Crippen LogP contribution in [0.15, 0.2) is 0 Å². The van der Waals surface area contributed by atoms with Gasteiger partial charge < -0.3 is 4.90 Å². The minimum atomic E-state index is -0.0995. The van der Waals surface area contributed by atoms with Crippen molar-refractivity contribution in [3.8, 4) is 0 Å². The largest absolute Gasteiger partial charge is 0.337 e. The fraction of sp³-hybridized carbons (Fsp3) is 0.500. The Balaban J connectivity index is 0.000000640. The number of nitrogens with one attached hydrogen (secondary N) is 2. The van der Waals surface area contributed by atoms with E-state index in [4.69, 9.17) is 5.41 Å². The molecule has 0 spiro atoms. The minimum absolute atomic E-state index is 0. The summed E-state index contributed by atoms with van der Waals surface area (Å²) in [7, 11) is 1.69. The number of hydrogen-bond acceptors (Lipinski definition) is 2. The van der Waals surface area contributed by atoms with Crippen molar-refractivity contribution in [1.82, 2.24) is 10.2 Å². The van der Waals surface area contributed by atoms with Crippen molar-refractivity contribution in [2.75, 3.05) is 13.6 Å². The molecule has 1 aliphatic rings. The Kier molecular flexibility index (Phi) is 3.09. The Bertz CT molecular complexity index is 147. The van der Waals surface area contributed by atoms with Gasteiger partial charge in [0.1, 0.15) is 0 Å². The Hall–Kier alpha value is -0.138. The standard InChI is InChI=1S/C4H7N3O.Cd/c1-7-2-3(8)6-4(7)5;/h2H2,1H3,(H2,5,6,8);. The van der Waals surface area contributed by atoms with E-state index in [1.54, 1.807) is 11.9 Å². The van der Waals surface area contributed by atoms with E-state index in [2.05, 4.69) is 5.32 Å². The summed E-state index contributed by atoms with van der Waals surface area (Å²) in [5, 5.41) is 9.32. The molecule has 1 aliphatic heterocycles. The molecule has 0 bridgehead atoms. The first-order valence-electron chi connectivity index (χ1n) is 2.29. The van der Waals surface area contributed by atoms with E-state index in [-0.39, 0.29) is 39.2 Å². The number of hydrogen-bond donors (Lipinski definition) is 2. The summed E-state index contributed by atoms with van der Waals surface area (Å²) >= 11 is 0. The molecule has 0 unspecified atom stereocenters. The van der Waals surface area contributed by atoms with Gasteiger partial charge in [-0.05, 0) is 0 Å². The Morgan fingerprint density at radius 1 is 1.78 bits per heavy atom. The van der Waals surface area contributed by atoms with E-state index >= 15 is 0 Å². The van der Waals surface area contributed by atoms with Gasteiger partial charge in [0.2, 0.25) is 5.91 Å². The molecule has 1 saturated heterocycles. The van der Waals surface area contributed by atoms with Gasteiger partial charge in [-0.3, -0.25) is 15.5 Å². The number of rotatable bonds is 0. The zero-order chi connectivity index (χ0) is 6.15. The van der Waals surface area contributed by atoms with Gasteiger partial charge >= 0.3 is 0 Å². The van der Waals surface area contributed by atoms with Gasteiger partial charge in [0.15, 0.2) is 5.96 Å². The van der Waals surface area contributed by atoms with Gasteiger partial charge in [0.25, 0.3) is 0 Å². The third-order valence-corrected chi connectivity index (χ3v) is 1.02. The summed E-state index contributed by atoms with van der Waals surface area (Å²) in [6.45, 7) is 0.318. The predicted molar refractivity (Wildman–Crippen MR) is 28.5 cm³/mol. The van der Waals surface area contributed by atoms with Crippen LogP contribution >= 0.6 is 0 Å². The molecule has 0 saturated carbocycles. The molecule has 1 heterocycles.